The first kappa shape index (κ1) is 43.3. The van der Waals surface area contributed by atoms with Crippen molar-refractivity contribution < 1.29 is 19.1 Å². The van der Waals surface area contributed by atoms with E-state index in [0.29, 0.717) is 11.8 Å². The number of hydrogen-bond acceptors (Lipinski definition) is 4. The van der Waals surface area contributed by atoms with E-state index in [1.54, 1.807) is 0 Å². The molecule has 0 spiro atoms. The molecule has 4 nitrogen and oxygen atoms in total. The van der Waals surface area contributed by atoms with Crippen molar-refractivity contribution in [3.8, 4) is 0 Å². The van der Waals surface area contributed by atoms with Crippen molar-refractivity contribution in [1.29, 1.82) is 0 Å². The largest absolute Gasteiger partial charge is 0.431 e. The fraction of sp³-hybridized carbons (Fsp3) is 0.636. The third kappa shape index (κ3) is 13.3. The van der Waals surface area contributed by atoms with Crippen LogP contribution in [0, 0.1) is 23.2 Å². The minimum Gasteiger partial charge on any atom is -0.431 e. The third-order valence-electron chi connectivity index (χ3n) is 9.66. The summed E-state index contributed by atoms with van der Waals surface area (Å²) in [6.07, 6.45) is 8.40. The first-order valence-electron chi connectivity index (χ1n) is 18.3. The maximum absolute atomic E-state index is 13.2. The van der Waals surface area contributed by atoms with Crippen molar-refractivity contribution in [2.24, 2.45) is 23.2 Å². The molecule has 2 atom stereocenters. The van der Waals surface area contributed by atoms with Gasteiger partial charge < -0.3 is 14.3 Å². The van der Waals surface area contributed by atoms with Gasteiger partial charge in [-0.05, 0) is 84.0 Å². The molecule has 270 valence electrons. The van der Waals surface area contributed by atoms with Crippen molar-refractivity contribution in [3.63, 3.8) is 0 Å². The Bertz CT molecular complexity index is 1220. The second-order valence-electron chi connectivity index (χ2n) is 16.9. The summed E-state index contributed by atoms with van der Waals surface area (Å²) in [4.78, 5) is 21.2. The topological polar surface area (TPSA) is 52.6 Å². The van der Waals surface area contributed by atoms with Gasteiger partial charge in [0.2, 0.25) is 6.29 Å². The SMILES string of the molecule is C=O.CC(C)CC(C)(C(=O)OC(OC1CCCCC1)c1ccccc1)C(C)C.CC=C(c1cc(C(C)(C)C)cc(C(C)(C)C)c1)C(C)C. The van der Waals surface area contributed by atoms with Crippen LogP contribution in [0.25, 0.3) is 5.57 Å². The molecule has 0 amide bonds. The number of esters is 1. The molecule has 0 saturated heterocycles. The zero-order valence-corrected chi connectivity index (χ0v) is 33.2. The number of hydrogen-bond donors (Lipinski definition) is 0. The summed E-state index contributed by atoms with van der Waals surface area (Å²) in [5.74, 6) is 1.06. The van der Waals surface area contributed by atoms with E-state index in [1.165, 1.54) is 41.5 Å². The number of rotatable bonds is 10. The van der Waals surface area contributed by atoms with Crippen LogP contribution in [0.4, 0.5) is 0 Å². The average molecular weight is 663 g/mol. The Balaban J connectivity index is 0.000000471. The molecule has 0 aliphatic heterocycles. The highest BCUT2D eigenvalue weighted by Crippen LogP contribution is 2.39. The molecule has 2 aromatic rings. The average Bonchev–Trinajstić information content (AvgIpc) is 3.01. The number of allylic oxidation sites excluding steroid dienone is 2. The lowest BCUT2D eigenvalue weighted by Gasteiger charge is -2.35. The van der Waals surface area contributed by atoms with Crippen LogP contribution in [-0.4, -0.2) is 18.9 Å². The molecule has 0 heterocycles. The smallest absolute Gasteiger partial charge is 0.314 e. The molecule has 0 bridgehead atoms. The maximum Gasteiger partial charge on any atom is 0.314 e. The third-order valence-corrected chi connectivity index (χ3v) is 9.66. The monoisotopic (exact) mass is 663 g/mol. The quantitative estimate of drug-likeness (QED) is 0.188. The summed E-state index contributed by atoms with van der Waals surface area (Å²) in [7, 11) is 0. The molecular formula is C44H70O4. The molecule has 3 rings (SSSR count). The Morgan fingerprint density at radius 3 is 1.71 bits per heavy atom. The van der Waals surface area contributed by atoms with Gasteiger partial charge in [0.05, 0.1) is 11.5 Å². The highest BCUT2D eigenvalue weighted by molar-refractivity contribution is 5.77. The minimum atomic E-state index is -0.614. The lowest BCUT2D eigenvalue weighted by Crippen LogP contribution is -2.38. The summed E-state index contributed by atoms with van der Waals surface area (Å²) in [5.41, 5.74) is 6.48. The van der Waals surface area contributed by atoms with Crippen LogP contribution in [0.5, 0.6) is 0 Å². The van der Waals surface area contributed by atoms with Crippen molar-refractivity contribution >= 4 is 18.3 Å². The van der Waals surface area contributed by atoms with Gasteiger partial charge in [-0.2, -0.15) is 0 Å². The van der Waals surface area contributed by atoms with Gasteiger partial charge in [0.25, 0.3) is 0 Å². The lowest BCUT2D eigenvalue weighted by molar-refractivity contribution is -0.208. The number of carbonyl (C=O) groups is 2. The van der Waals surface area contributed by atoms with E-state index in [0.717, 1.165) is 24.8 Å². The Morgan fingerprint density at radius 1 is 0.812 bits per heavy atom. The highest BCUT2D eigenvalue weighted by Gasteiger charge is 2.40. The van der Waals surface area contributed by atoms with Gasteiger partial charge in [0.1, 0.15) is 6.79 Å². The Hall–Kier alpha value is -2.72. The number of carbonyl (C=O) groups excluding carboxylic acids is 2. The summed E-state index contributed by atoms with van der Waals surface area (Å²) in [5, 5.41) is 0. The molecular weight excluding hydrogens is 592 g/mol. The molecule has 0 radical (unpaired) electrons. The Kier molecular flexibility index (Phi) is 17.6. The van der Waals surface area contributed by atoms with Gasteiger partial charge in [-0.3, -0.25) is 4.79 Å². The van der Waals surface area contributed by atoms with E-state index in [-0.39, 0.29) is 28.8 Å². The van der Waals surface area contributed by atoms with E-state index in [4.69, 9.17) is 14.3 Å². The molecule has 1 fully saturated rings. The molecule has 1 aliphatic rings. The van der Waals surface area contributed by atoms with Crippen LogP contribution in [-0.2, 0) is 29.9 Å². The van der Waals surface area contributed by atoms with E-state index in [9.17, 15) is 4.79 Å². The van der Waals surface area contributed by atoms with E-state index in [1.807, 2.05) is 44.0 Å². The minimum absolute atomic E-state index is 0.147. The molecule has 4 heteroatoms. The fourth-order valence-corrected chi connectivity index (χ4v) is 6.29. The standard InChI is InChI=1S/C23H36O3.C20H32.CH2O/c1-17(2)16-23(5,18(3)4)22(24)26-21(19-12-8-6-9-13-19)25-20-14-10-7-11-15-20;1-10-18(14(2)3)15-11-16(19(4,5)6)13-17(12-15)20(7,8)9;1-2/h6,8-9,12-13,17-18,20-21H,7,10-11,14-16H2,1-5H3;10-14H,1-9H3;1H2. The second-order valence-corrected chi connectivity index (χ2v) is 16.9. The molecule has 48 heavy (non-hydrogen) atoms. The van der Waals surface area contributed by atoms with Gasteiger partial charge in [0.15, 0.2) is 0 Å². The number of benzene rings is 2. The highest BCUT2D eigenvalue weighted by atomic mass is 16.7. The zero-order chi connectivity index (χ0) is 36.9. The first-order chi connectivity index (χ1) is 22.3. The van der Waals surface area contributed by atoms with Gasteiger partial charge in [-0.25, -0.2) is 0 Å². The first-order valence-corrected chi connectivity index (χ1v) is 18.3. The van der Waals surface area contributed by atoms with Crippen molar-refractivity contribution in [2.45, 2.75) is 159 Å². The van der Waals surface area contributed by atoms with Crippen LogP contribution in [0.2, 0.25) is 0 Å². The van der Waals surface area contributed by atoms with Crippen molar-refractivity contribution in [2.75, 3.05) is 0 Å². The summed E-state index contributed by atoms with van der Waals surface area (Å²) in [6.45, 7) is 33.0. The van der Waals surface area contributed by atoms with Gasteiger partial charge >= 0.3 is 5.97 Å². The van der Waals surface area contributed by atoms with Crippen LogP contribution >= 0.6 is 0 Å². The molecule has 2 aromatic carbocycles. The van der Waals surface area contributed by atoms with Crippen molar-refractivity contribution in [1.82, 2.24) is 0 Å². The van der Waals surface area contributed by atoms with Gasteiger partial charge in [-0.15, -0.1) is 0 Å². The Labute approximate surface area is 295 Å². The lowest BCUT2D eigenvalue weighted by atomic mass is 9.73. The van der Waals surface area contributed by atoms with Crippen LogP contribution in [0.3, 0.4) is 0 Å². The Morgan fingerprint density at radius 2 is 1.31 bits per heavy atom. The number of ether oxygens (including phenoxy) is 2. The molecule has 0 N–H and O–H groups in total. The normalized spacial score (nSPS) is 16.4. The second kappa shape index (κ2) is 19.5. The van der Waals surface area contributed by atoms with Gasteiger partial charge in [0, 0.05) is 5.56 Å². The van der Waals surface area contributed by atoms with E-state index < -0.39 is 11.7 Å². The molecule has 1 aliphatic carbocycles. The van der Waals surface area contributed by atoms with Crippen LogP contribution in [0.1, 0.15) is 164 Å². The van der Waals surface area contributed by atoms with Gasteiger partial charge in [-0.1, -0.05) is 157 Å². The van der Waals surface area contributed by atoms with Crippen molar-refractivity contribution in [3.05, 3.63) is 76.9 Å². The molecule has 0 aromatic heterocycles. The summed E-state index contributed by atoms with van der Waals surface area (Å²) < 4.78 is 12.3. The molecule has 2 unspecified atom stereocenters. The predicted octanol–water partition coefficient (Wildman–Crippen LogP) is 12.4. The zero-order valence-electron chi connectivity index (χ0n) is 33.2. The maximum atomic E-state index is 13.2. The van der Waals surface area contributed by atoms with Crippen LogP contribution < -0.4 is 0 Å². The predicted molar refractivity (Wildman–Crippen MR) is 205 cm³/mol. The fourth-order valence-electron chi connectivity index (χ4n) is 6.29. The van der Waals surface area contributed by atoms with E-state index in [2.05, 4.69) is 114 Å². The summed E-state index contributed by atoms with van der Waals surface area (Å²) >= 11 is 0. The summed E-state index contributed by atoms with van der Waals surface area (Å²) in [6, 6.07) is 17.0. The van der Waals surface area contributed by atoms with Crippen LogP contribution in [0.15, 0.2) is 54.6 Å². The van der Waals surface area contributed by atoms with E-state index >= 15 is 0 Å². The molecule has 1 saturated carbocycles.